The summed E-state index contributed by atoms with van der Waals surface area (Å²) >= 11 is 6.56. The summed E-state index contributed by atoms with van der Waals surface area (Å²) in [5.74, 6) is 0.106. The zero-order chi connectivity index (χ0) is 31.6. The number of aromatic nitrogens is 3. The molecular formula is C30H34ClF3N6O4. The fourth-order valence-electron chi connectivity index (χ4n) is 5.39. The van der Waals surface area contributed by atoms with E-state index in [4.69, 9.17) is 25.8 Å². The number of alkyl halides is 3. The van der Waals surface area contributed by atoms with Crippen LogP contribution in [-0.2, 0) is 15.7 Å². The van der Waals surface area contributed by atoms with Crippen molar-refractivity contribution in [2.45, 2.75) is 64.6 Å². The number of nitrogens with zero attached hydrogens (tertiary/aromatic N) is 5. The molecule has 2 unspecified atom stereocenters. The molecule has 44 heavy (non-hydrogen) atoms. The minimum absolute atomic E-state index is 0.154. The van der Waals surface area contributed by atoms with E-state index in [0.717, 1.165) is 31.5 Å². The molecule has 10 nitrogen and oxygen atoms in total. The SMILES string of the molecule is CC.CC1(C)OCC(COc2cnc(NC(=O)N3c4nc(-c5cccc(C(F)(F)F)c5)c(Cl)cc4N4CCCC3C4)cn2)O1. The highest BCUT2D eigenvalue weighted by molar-refractivity contribution is 6.33. The smallest absolute Gasteiger partial charge is 0.416 e. The number of pyridine rings is 1. The van der Waals surface area contributed by atoms with E-state index in [1.54, 1.807) is 6.07 Å². The van der Waals surface area contributed by atoms with E-state index in [1.807, 2.05) is 27.7 Å². The van der Waals surface area contributed by atoms with Crippen LogP contribution in [0.4, 0.5) is 35.3 Å². The number of benzene rings is 1. The van der Waals surface area contributed by atoms with Gasteiger partial charge in [-0.3, -0.25) is 10.2 Å². The molecule has 1 N–H and O–H groups in total. The molecule has 3 aromatic rings. The molecule has 236 valence electrons. The minimum atomic E-state index is -4.53. The van der Waals surface area contributed by atoms with Crippen LogP contribution in [0.15, 0.2) is 42.7 Å². The molecule has 6 rings (SSSR count). The van der Waals surface area contributed by atoms with Crippen molar-refractivity contribution < 1.29 is 32.2 Å². The number of piperidine rings is 1. The summed E-state index contributed by atoms with van der Waals surface area (Å²) in [4.78, 5) is 30.4. The van der Waals surface area contributed by atoms with Crippen molar-refractivity contribution in [3.63, 3.8) is 0 Å². The molecule has 0 aliphatic carbocycles. The lowest BCUT2D eigenvalue weighted by atomic mass is 9.99. The number of nitrogens with one attached hydrogen (secondary N) is 1. The number of fused-ring (bicyclic) bond motifs is 4. The first-order valence-electron chi connectivity index (χ1n) is 14.5. The lowest BCUT2D eigenvalue weighted by Gasteiger charge is -2.46. The van der Waals surface area contributed by atoms with E-state index in [1.165, 1.54) is 29.4 Å². The molecule has 14 heteroatoms. The molecule has 0 saturated carbocycles. The van der Waals surface area contributed by atoms with Crippen molar-refractivity contribution >= 4 is 35.0 Å². The van der Waals surface area contributed by atoms with Gasteiger partial charge in [-0.15, -0.1) is 0 Å². The van der Waals surface area contributed by atoms with E-state index in [9.17, 15) is 18.0 Å². The Morgan fingerprint density at radius 2 is 2.00 bits per heavy atom. The second-order valence-electron chi connectivity index (χ2n) is 10.8. The molecule has 3 aliphatic rings. The van der Waals surface area contributed by atoms with Gasteiger partial charge in [0.05, 0.1) is 47.0 Å². The molecule has 0 radical (unpaired) electrons. The predicted octanol–water partition coefficient (Wildman–Crippen LogP) is 6.79. The number of rotatable bonds is 5. The highest BCUT2D eigenvalue weighted by Gasteiger charge is 2.39. The summed E-state index contributed by atoms with van der Waals surface area (Å²) in [5, 5.41) is 2.96. The second kappa shape index (κ2) is 12.7. The number of hydrogen-bond acceptors (Lipinski definition) is 8. The number of urea groups is 1. The molecule has 2 fully saturated rings. The maximum atomic E-state index is 13.6. The Labute approximate surface area is 258 Å². The van der Waals surface area contributed by atoms with Gasteiger partial charge in [0.1, 0.15) is 12.7 Å². The average Bonchev–Trinajstić information content (AvgIpc) is 3.36. The van der Waals surface area contributed by atoms with Crippen LogP contribution in [0.2, 0.25) is 5.02 Å². The number of amides is 2. The molecule has 2 bridgehead atoms. The van der Waals surface area contributed by atoms with E-state index in [-0.39, 0.29) is 46.7 Å². The van der Waals surface area contributed by atoms with Gasteiger partial charge in [0, 0.05) is 18.7 Å². The number of carbonyl (C=O) groups excluding carboxylic acids is 1. The third kappa shape index (κ3) is 6.84. The third-order valence-electron chi connectivity index (χ3n) is 7.30. The van der Waals surface area contributed by atoms with Crippen molar-refractivity contribution in [1.29, 1.82) is 0 Å². The number of hydrogen-bond donors (Lipinski definition) is 1. The first-order valence-corrected chi connectivity index (χ1v) is 14.8. The van der Waals surface area contributed by atoms with Gasteiger partial charge in [-0.1, -0.05) is 37.6 Å². The Kier molecular flexibility index (Phi) is 9.19. The topological polar surface area (TPSA) is 102 Å². The number of halogens is 4. The van der Waals surface area contributed by atoms with Gasteiger partial charge < -0.3 is 19.1 Å². The molecule has 2 aromatic heterocycles. The van der Waals surface area contributed by atoms with Gasteiger partial charge >= 0.3 is 12.2 Å². The Hall–Kier alpha value is -3.68. The van der Waals surface area contributed by atoms with Crippen molar-refractivity contribution in [3.05, 3.63) is 53.3 Å². The molecule has 3 aliphatic heterocycles. The quantitative estimate of drug-likeness (QED) is 0.327. The summed E-state index contributed by atoms with van der Waals surface area (Å²) in [6.45, 7) is 9.61. The number of anilines is 3. The van der Waals surface area contributed by atoms with Crippen LogP contribution in [-0.4, -0.2) is 65.2 Å². The van der Waals surface area contributed by atoms with Crippen LogP contribution >= 0.6 is 11.6 Å². The molecule has 5 heterocycles. The summed E-state index contributed by atoms with van der Waals surface area (Å²) in [7, 11) is 0. The fourth-order valence-corrected chi connectivity index (χ4v) is 5.65. The molecular weight excluding hydrogens is 601 g/mol. The van der Waals surface area contributed by atoms with Gasteiger partial charge in [-0.05, 0) is 44.9 Å². The average molecular weight is 635 g/mol. The van der Waals surface area contributed by atoms with Crippen molar-refractivity contribution in [2.24, 2.45) is 0 Å². The first kappa shape index (κ1) is 31.7. The Morgan fingerprint density at radius 3 is 2.68 bits per heavy atom. The lowest BCUT2D eigenvalue weighted by molar-refractivity contribution is -0.141. The molecule has 1 aromatic carbocycles. The van der Waals surface area contributed by atoms with Crippen LogP contribution in [0, 0.1) is 0 Å². The van der Waals surface area contributed by atoms with Gasteiger partial charge in [0.25, 0.3) is 0 Å². The zero-order valence-corrected chi connectivity index (χ0v) is 25.6. The van der Waals surface area contributed by atoms with Crippen LogP contribution in [0.3, 0.4) is 0 Å². The third-order valence-corrected chi connectivity index (χ3v) is 7.58. The molecule has 2 atom stereocenters. The molecule has 0 spiro atoms. The normalized spacial score (nSPS) is 20.4. The van der Waals surface area contributed by atoms with Crippen molar-refractivity contribution in [2.75, 3.05) is 41.4 Å². The standard InChI is InChI=1S/C28H28ClF3N6O4.C2H6/c1-27(2)41-15-19(42-27)14-40-23-12-33-22(11-34-23)35-26(39)38-18-7-4-8-37(13-18)21-10-20(29)24(36-25(21)38)16-5-3-6-17(9-16)28(30,31)32;1-2/h3,5-6,9-12,18-19H,4,7-8,13-15H2,1-2H3,(H,33,35,39);1-2H3. The monoisotopic (exact) mass is 634 g/mol. The fraction of sp³-hybridized carbons (Fsp3) is 0.467. The van der Waals surface area contributed by atoms with Crippen molar-refractivity contribution in [3.8, 4) is 17.1 Å². The zero-order valence-electron chi connectivity index (χ0n) is 24.8. The van der Waals surface area contributed by atoms with E-state index < -0.39 is 23.6 Å². The summed E-state index contributed by atoms with van der Waals surface area (Å²) in [5.41, 5.74) is 0.174. The minimum Gasteiger partial charge on any atom is -0.474 e. The number of ether oxygens (including phenoxy) is 3. The van der Waals surface area contributed by atoms with Gasteiger partial charge in [-0.2, -0.15) is 13.2 Å². The largest absolute Gasteiger partial charge is 0.474 e. The van der Waals surface area contributed by atoms with Crippen molar-refractivity contribution in [1.82, 2.24) is 15.0 Å². The van der Waals surface area contributed by atoms with E-state index in [2.05, 4.69) is 25.2 Å². The first-order chi connectivity index (χ1) is 21.0. The molecule has 2 amide bonds. The van der Waals surface area contributed by atoms with Crippen LogP contribution in [0.25, 0.3) is 11.3 Å². The Morgan fingerprint density at radius 1 is 1.20 bits per heavy atom. The van der Waals surface area contributed by atoms with E-state index >= 15 is 0 Å². The van der Waals surface area contributed by atoms with Gasteiger partial charge in [-0.25, -0.2) is 19.7 Å². The van der Waals surface area contributed by atoms with Crippen LogP contribution < -0.4 is 19.9 Å². The molecule has 2 saturated heterocycles. The van der Waals surface area contributed by atoms with Gasteiger partial charge in [0.15, 0.2) is 17.4 Å². The maximum absolute atomic E-state index is 13.6. The lowest BCUT2D eigenvalue weighted by Crippen LogP contribution is -2.56. The highest BCUT2D eigenvalue weighted by atomic mass is 35.5. The maximum Gasteiger partial charge on any atom is 0.416 e. The van der Waals surface area contributed by atoms with E-state index in [0.29, 0.717) is 24.7 Å². The Bertz CT molecular complexity index is 1490. The predicted molar refractivity (Wildman–Crippen MR) is 160 cm³/mol. The Balaban J connectivity index is 0.00000188. The van der Waals surface area contributed by atoms with Crippen LogP contribution in [0.5, 0.6) is 5.88 Å². The number of carbonyl (C=O) groups is 1. The van der Waals surface area contributed by atoms with Crippen LogP contribution in [0.1, 0.15) is 46.1 Å². The summed E-state index contributed by atoms with van der Waals surface area (Å²) < 4.78 is 57.1. The second-order valence-corrected chi connectivity index (χ2v) is 11.2. The van der Waals surface area contributed by atoms with Gasteiger partial charge in [0.2, 0.25) is 5.88 Å². The summed E-state index contributed by atoms with van der Waals surface area (Å²) in [6, 6.07) is 5.77. The summed E-state index contributed by atoms with van der Waals surface area (Å²) in [6.07, 6.45) is -0.411. The highest BCUT2D eigenvalue weighted by Crippen LogP contribution is 2.43.